The van der Waals surface area contributed by atoms with Gasteiger partial charge < -0.3 is 10.6 Å². The molecule has 0 unspecified atom stereocenters. The maximum Gasteiger partial charge on any atom is 0.220 e. The van der Waals surface area contributed by atoms with Crippen molar-refractivity contribution in [1.29, 1.82) is 0 Å². The monoisotopic (exact) mass is 298 g/mol. The number of hydrogen-bond donors (Lipinski definition) is 2. The van der Waals surface area contributed by atoms with Gasteiger partial charge in [0.15, 0.2) is 0 Å². The molecule has 0 atom stereocenters. The van der Waals surface area contributed by atoms with Crippen molar-refractivity contribution in [3.05, 3.63) is 0 Å². The summed E-state index contributed by atoms with van der Waals surface area (Å²) in [6.45, 7) is 13.3. The molecule has 124 valence electrons. The Bertz CT molecular complexity index is 325. The highest BCUT2D eigenvalue weighted by Crippen LogP contribution is 2.21. The van der Waals surface area contributed by atoms with Crippen molar-refractivity contribution in [2.24, 2.45) is 5.41 Å². The molecule has 0 aliphatic carbocycles. The normalized spacial score (nSPS) is 12.1. The predicted molar refractivity (Wildman–Crippen MR) is 88.1 cm³/mol. The van der Waals surface area contributed by atoms with Crippen LogP contribution in [0.5, 0.6) is 0 Å². The van der Waals surface area contributed by atoms with Crippen LogP contribution in [0.2, 0.25) is 0 Å². The largest absolute Gasteiger partial charge is 0.356 e. The van der Waals surface area contributed by atoms with E-state index in [1.807, 2.05) is 20.8 Å². The minimum Gasteiger partial charge on any atom is -0.356 e. The van der Waals surface area contributed by atoms with Crippen molar-refractivity contribution in [2.45, 2.75) is 85.6 Å². The number of rotatable bonds is 8. The summed E-state index contributed by atoms with van der Waals surface area (Å²) in [4.78, 5) is 23.2. The minimum atomic E-state index is -0.202. The number of nitrogens with one attached hydrogen (secondary N) is 2. The van der Waals surface area contributed by atoms with Crippen LogP contribution in [0.15, 0.2) is 0 Å². The first-order chi connectivity index (χ1) is 9.49. The Morgan fingerprint density at radius 3 is 1.90 bits per heavy atom. The average Bonchev–Trinajstić information content (AvgIpc) is 2.24. The number of unbranched alkanes of at least 4 members (excludes halogenated alkanes) is 1. The van der Waals surface area contributed by atoms with E-state index in [0.29, 0.717) is 24.7 Å². The molecule has 0 rings (SSSR count). The highest BCUT2D eigenvalue weighted by Gasteiger charge is 2.13. The second-order valence-corrected chi connectivity index (χ2v) is 8.02. The van der Waals surface area contributed by atoms with E-state index in [1.54, 1.807) is 0 Å². The summed E-state index contributed by atoms with van der Waals surface area (Å²) in [5.41, 5.74) is 0.164. The van der Waals surface area contributed by atoms with Crippen molar-refractivity contribution in [3.63, 3.8) is 0 Å². The highest BCUT2D eigenvalue weighted by atomic mass is 16.2. The molecule has 0 spiro atoms. The third-order valence-corrected chi connectivity index (χ3v) is 3.00. The van der Waals surface area contributed by atoms with Gasteiger partial charge in [-0.3, -0.25) is 9.59 Å². The molecule has 2 amide bonds. The van der Waals surface area contributed by atoms with Gasteiger partial charge in [-0.25, -0.2) is 0 Å². The molecule has 4 nitrogen and oxygen atoms in total. The Labute approximate surface area is 130 Å². The minimum absolute atomic E-state index is 0.0143. The molecule has 0 saturated heterocycles. The van der Waals surface area contributed by atoms with Crippen LogP contribution in [0.3, 0.4) is 0 Å². The van der Waals surface area contributed by atoms with E-state index < -0.39 is 0 Å². The Morgan fingerprint density at radius 2 is 1.38 bits per heavy atom. The Hall–Kier alpha value is -1.06. The first kappa shape index (κ1) is 19.9. The summed E-state index contributed by atoms with van der Waals surface area (Å²) in [7, 11) is 0. The molecule has 0 heterocycles. The lowest BCUT2D eigenvalue weighted by Crippen LogP contribution is -2.40. The number of amides is 2. The van der Waals surface area contributed by atoms with Gasteiger partial charge in [0.1, 0.15) is 0 Å². The van der Waals surface area contributed by atoms with Crippen LogP contribution in [-0.4, -0.2) is 23.9 Å². The van der Waals surface area contributed by atoms with Crippen molar-refractivity contribution in [2.75, 3.05) is 6.54 Å². The molecule has 21 heavy (non-hydrogen) atoms. The van der Waals surface area contributed by atoms with Gasteiger partial charge in [-0.1, -0.05) is 27.2 Å². The second kappa shape index (κ2) is 9.06. The predicted octanol–water partition coefficient (Wildman–Crippen LogP) is 3.40. The lowest BCUT2D eigenvalue weighted by atomic mass is 9.90. The van der Waals surface area contributed by atoms with Crippen LogP contribution >= 0.6 is 0 Å². The molecule has 0 radical (unpaired) electrons. The lowest BCUT2D eigenvalue weighted by Gasteiger charge is -2.20. The van der Waals surface area contributed by atoms with Crippen LogP contribution < -0.4 is 10.6 Å². The highest BCUT2D eigenvalue weighted by molar-refractivity contribution is 5.79. The van der Waals surface area contributed by atoms with Crippen LogP contribution in [0.4, 0.5) is 0 Å². The maximum absolute atomic E-state index is 11.6. The molecule has 2 N–H and O–H groups in total. The molecule has 0 aromatic carbocycles. The summed E-state index contributed by atoms with van der Waals surface area (Å²) < 4.78 is 0. The maximum atomic E-state index is 11.6. The molecular weight excluding hydrogens is 264 g/mol. The van der Waals surface area contributed by atoms with Gasteiger partial charge in [-0.05, 0) is 45.4 Å². The molecule has 0 fully saturated rings. The standard InChI is InChI=1S/C17H34N2O2/c1-16(2,3)12-7-8-13-18-14(20)10-9-11-15(21)19-17(4,5)6/h7-13H2,1-6H3,(H,18,20)(H,19,21). The third-order valence-electron chi connectivity index (χ3n) is 3.00. The summed E-state index contributed by atoms with van der Waals surface area (Å²) in [6, 6.07) is 0. The van der Waals surface area contributed by atoms with Crippen LogP contribution in [0.25, 0.3) is 0 Å². The molecule has 0 bridgehead atoms. The first-order valence-electron chi connectivity index (χ1n) is 8.07. The molecule has 0 aliphatic heterocycles. The topological polar surface area (TPSA) is 58.2 Å². The third kappa shape index (κ3) is 15.2. The molecular formula is C17H34N2O2. The van der Waals surface area contributed by atoms with Gasteiger partial charge in [0, 0.05) is 24.9 Å². The summed E-state index contributed by atoms with van der Waals surface area (Å²) in [5.74, 6) is 0.0646. The van der Waals surface area contributed by atoms with Gasteiger partial charge in [0.05, 0.1) is 0 Å². The van der Waals surface area contributed by atoms with E-state index in [4.69, 9.17) is 0 Å². The van der Waals surface area contributed by atoms with Crippen molar-refractivity contribution in [1.82, 2.24) is 10.6 Å². The zero-order valence-corrected chi connectivity index (χ0v) is 14.8. The van der Waals surface area contributed by atoms with Crippen molar-refractivity contribution >= 4 is 11.8 Å². The fourth-order valence-electron chi connectivity index (χ4n) is 1.99. The molecule has 0 saturated carbocycles. The van der Waals surface area contributed by atoms with Gasteiger partial charge in [-0.15, -0.1) is 0 Å². The van der Waals surface area contributed by atoms with Gasteiger partial charge in [0.2, 0.25) is 11.8 Å². The van der Waals surface area contributed by atoms with E-state index in [-0.39, 0.29) is 17.4 Å². The van der Waals surface area contributed by atoms with Gasteiger partial charge >= 0.3 is 0 Å². The summed E-state index contributed by atoms with van der Waals surface area (Å²) >= 11 is 0. The molecule has 0 aromatic heterocycles. The Kier molecular flexibility index (Phi) is 8.60. The lowest BCUT2D eigenvalue weighted by molar-refractivity contribution is -0.123. The first-order valence-corrected chi connectivity index (χ1v) is 8.07. The number of hydrogen-bond acceptors (Lipinski definition) is 2. The van der Waals surface area contributed by atoms with Crippen molar-refractivity contribution < 1.29 is 9.59 Å². The number of carbonyl (C=O) groups excluding carboxylic acids is 2. The van der Waals surface area contributed by atoms with E-state index in [2.05, 4.69) is 31.4 Å². The Balaban J connectivity index is 3.57. The van der Waals surface area contributed by atoms with Crippen LogP contribution in [0, 0.1) is 5.41 Å². The smallest absolute Gasteiger partial charge is 0.220 e. The Morgan fingerprint density at radius 1 is 0.810 bits per heavy atom. The van der Waals surface area contributed by atoms with Gasteiger partial charge in [0.25, 0.3) is 0 Å². The fourth-order valence-corrected chi connectivity index (χ4v) is 1.99. The fraction of sp³-hybridized carbons (Fsp3) is 0.882. The number of carbonyl (C=O) groups is 2. The summed E-state index contributed by atoms with van der Waals surface area (Å²) in [6.07, 6.45) is 4.78. The van der Waals surface area contributed by atoms with Crippen LogP contribution in [-0.2, 0) is 9.59 Å². The van der Waals surface area contributed by atoms with E-state index >= 15 is 0 Å². The molecule has 0 aliphatic rings. The SMILES string of the molecule is CC(C)(C)CCCCNC(=O)CCCC(=O)NC(C)(C)C. The average molecular weight is 298 g/mol. The second-order valence-electron chi connectivity index (χ2n) is 8.02. The van der Waals surface area contributed by atoms with Gasteiger partial charge in [-0.2, -0.15) is 0 Å². The quantitative estimate of drug-likeness (QED) is 0.675. The van der Waals surface area contributed by atoms with Crippen LogP contribution in [0.1, 0.15) is 80.1 Å². The van der Waals surface area contributed by atoms with E-state index in [9.17, 15) is 9.59 Å². The molecule has 4 heteroatoms. The van der Waals surface area contributed by atoms with E-state index in [0.717, 1.165) is 19.4 Å². The molecule has 0 aromatic rings. The zero-order valence-electron chi connectivity index (χ0n) is 14.8. The zero-order chi connectivity index (χ0) is 16.5. The summed E-state index contributed by atoms with van der Waals surface area (Å²) in [5, 5.41) is 5.82. The van der Waals surface area contributed by atoms with Crippen molar-refractivity contribution in [3.8, 4) is 0 Å². The van der Waals surface area contributed by atoms with E-state index in [1.165, 1.54) is 6.42 Å².